The van der Waals surface area contributed by atoms with Gasteiger partial charge in [-0.3, -0.25) is 0 Å². The molecule has 0 saturated heterocycles. The molecule has 1 aliphatic heterocycles. The van der Waals surface area contributed by atoms with Crippen molar-refractivity contribution in [3.8, 4) is 0 Å². The molecular formula is C12H14S. The van der Waals surface area contributed by atoms with Crippen molar-refractivity contribution in [2.45, 2.75) is 23.8 Å². The number of thioether (sulfide) groups is 1. The minimum atomic E-state index is 0.666. The lowest BCUT2D eigenvalue weighted by atomic mass is 10.1. The predicted octanol–water partition coefficient (Wildman–Crippen LogP) is 3.81. The van der Waals surface area contributed by atoms with E-state index in [9.17, 15) is 0 Å². The van der Waals surface area contributed by atoms with Gasteiger partial charge in [-0.05, 0) is 18.9 Å². The van der Waals surface area contributed by atoms with Crippen LogP contribution >= 0.6 is 11.8 Å². The number of benzene rings is 1. The first kappa shape index (κ1) is 8.89. The zero-order valence-corrected chi connectivity index (χ0v) is 8.63. The standard InChI is InChI=1S/C12H14S/c1-10-6-5-9-12(13-10)11-7-3-2-4-8-11/h2-8,10,12H,9H2,1H3. The molecule has 0 radical (unpaired) electrons. The van der Waals surface area contributed by atoms with Crippen molar-refractivity contribution in [1.29, 1.82) is 0 Å². The molecular weight excluding hydrogens is 176 g/mol. The van der Waals surface area contributed by atoms with Crippen LogP contribution < -0.4 is 0 Å². The van der Waals surface area contributed by atoms with Crippen LogP contribution in [0.3, 0.4) is 0 Å². The Balaban J connectivity index is 2.15. The van der Waals surface area contributed by atoms with Crippen LogP contribution in [0.25, 0.3) is 0 Å². The van der Waals surface area contributed by atoms with Gasteiger partial charge in [0.1, 0.15) is 0 Å². The smallest absolute Gasteiger partial charge is 0.0337 e. The van der Waals surface area contributed by atoms with Gasteiger partial charge in [0.15, 0.2) is 0 Å². The highest BCUT2D eigenvalue weighted by Crippen LogP contribution is 2.38. The molecule has 2 rings (SSSR count). The van der Waals surface area contributed by atoms with Crippen molar-refractivity contribution < 1.29 is 0 Å². The molecule has 0 spiro atoms. The van der Waals surface area contributed by atoms with Gasteiger partial charge in [0.2, 0.25) is 0 Å². The summed E-state index contributed by atoms with van der Waals surface area (Å²) in [6.45, 7) is 2.26. The second-order valence-electron chi connectivity index (χ2n) is 3.40. The first-order chi connectivity index (χ1) is 6.36. The lowest BCUT2D eigenvalue weighted by molar-refractivity contribution is 0.935. The summed E-state index contributed by atoms with van der Waals surface area (Å²) in [5, 5.41) is 1.33. The maximum atomic E-state index is 2.30. The number of hydrogen-bond donors (Lipinski definition) is 0. The molecule has 2 unspecified atom stereocenters. The van der Waals surface area contributed by atoms with E-state index in [2.05, 4.69) is 61.2 Å². The number of hydrogen-bond acceptors (Lipinski definition) is 1. The monoisotopic (exact) mass is 190 g/mol. The molecule has 0 nitrogen and oxygen atoms in total. The molecule has 1 aliphatic rings. The fourth-order valence-corrected chi connectivity index (χ4v) is 2.89. The molecule has 0 aliphatic carbocycles. The second-order valence-corrected chi connectivity index (χ2v) is 4.99. The van der Waals surface area contributed by atoms with Crippen molar-refractivity contribution in [3.05, 3.63) is 48.0 Å². The second kappa shape index (κ2) is 4.01. The van der Waals surface area contributed by atoms with Gasteiger partial charge in [-0.1, -0.05) is 42.5 Å². The number of allylic oxidation sites excluding steroid dienone is 1. The summed E-state index contributed by atoms with van der Waals surface area (Å²) in [6, 6.07) is 10.8. The topological polar surface area (TPSA) is 0 Å². The van der Waals surface area contributed by atoms with E-state index in [0.717, 1.165) is 0 Å². The molecule has 0 fully saturated rings. The molecule has 0 aromatic heterocycles. The fourth-order valence-electron chi connectivity index (χ4n) is 1.64. The molecule has 2 atom stereocenters. The Bertz CT molecular complexity index is 289. The zero-order valence-electron chi connectivity index (χ0n) is 7.81. The third-order valence-electron chi connectivity index (χ3n) is 2.31. The first-order valence-electron chi connectivity index (χ1n) is 4.73. The third-order valence-corrected chi connectivity index (χ3v) is 3.69. The lowest BCUT2D eigenvalue weighted by Gasteiger charge is -2.22. The van der Waals surface area contributed by atoms with E-state index >= 15 is 0 Å². The van der Waals surface area contributed by atoms with Crippen LogP contribution in [-0.2, 0) is 0 Å². The molecule has 1 heteroatoms. The predicted molar refractivity (Wildman–Crippen MR) is 60.0 cm³/mol. The summed E-state index contributed by atoms with van der Waals surface area (Å²) in [4.78, 5) is 0. The molecule has 0 amide bonds. The SMILES string of the molecule is CC1C=CCC(c2ccccc2)S1. The van der Waals surface area contributed by atoms with Gasteiger partial charge >= 0.3 is 0 Å². The van der Waals surface area contributed by atoms with Gasteiger partial charge < -0.3 is 0 Å². The average Bonchev–Trinajstić information content (AvgIpc) is 2.19. The van der Waals surface area contributed by atoms with Crippen LogP contribution in [0, 0.1) is 0 Å². The van der Waals surface area contributed by atoms with Gasteiger partial charge in [-0.2, -0.15) is 0 Å². The summed E-state index contributed by atoms with van der Waals surface area (Å²) in [5.74, 6) is 0. The Morgan fingerprint density at radius 3 is 2.69 bits per heavy atom. The van der Waals surface area contributed by atoms with Crippen molar-refractivity contribution in [2.24, 2.45) is 0 Å². The van der Waals surface area contributed by atoms with E-state index in [-0.39, 0.29) is 0 Å². The summed E-state index contributed by atoms with van der Waals surface area (Å²) < 4.78 is 0. The van der Waals surface area contributed by atoms with E-state index in [1.54, 1.807) is 0 Å². The van der Waals surface area contributed by atoms with E-state index in [4.69, 9.17) is 0 Å². The van der Waals surface area contributed by atoms with Crippen LogP contribution in [0.4, 0.5) is 0 Å². The van der Waals surface area contributed by atoms with E-state index in [0.29, 0.717) is 10.5 Å². The molecule has 0 saturated carbocycles. The third kappa shape index (κ3) is 2.16. The van der Waals surface area contributed by atoms with Crippen molar-refractivity contribution in [2.75, 3.05) is 0 Å². The van der Waals surface area contributed by atoms with Crippen LogP contribution in [0.5, 0.6) is 0 Å². The van der Waals surface area contributed by atoms with E-state index < -0.39 is 0 Å². The zero-order chi connectivity index (χ0) is 9.10. The van der Waals surface area contributed by atoms with E-state index in [1.165, 1.54) is 12.0 Å². The molecule has 1 heterocycles. The average molecular weight is 190 g/mol. The maximum absolute atomic E-state index is 2.30. The minimum absolute atomic E-state index is 0.666. The summed E-state index contributed by atoms with van der Waals surface area (Å²) in [7, 11) is 0. The summed E-state index contributed by atoms with van der Waals surface area (Å²) in [6.07, 6.45) is 5.78. The Hall–Kier alpha value is -0.690. The molecule has 0 bridgehead atoms. The highest BCUT2D eigenvalue weighted by Gasteiger charge is 2.16. The largest absolute Gasteiger partial charge is 0.146 e. The Labute approximate surface area is 84.0 Å². The van der Waals surface area contributed by atoms with Crippen molar-refractivity contribution >= 4 is 11.8 Å². The van der Waals surface area contributed by atoms with Gasteiger partial charge in [0.05, 0.1) is 0 Å². The van der Waals surface area contributed by atoms with Crippen LogP contribution in [-0.4, -0.2) is 5.25 Å². The van der Waals surface area contributed by atoms with Crippen LogP contribution in [0.2, 0.25) is 0 Å². The molecule has 1 aromatic rings. The molecule has 68 valence electrons. The Morgan fingerprint density at radius 1 is 1.23 bits per heavy atom. The first-order valence-corrected chi connectivity index (χ1v) is 5.67. The summed E-state index contributed by atoms with van der Waals surface area (Å²) >= 11 is 2.05. The fraction of sp³-hybridized carbons (Fsp3) is 0.333. The molecule has 13 heavy (non-hydrogen) atoms. The molecule has 1 aromatic carbocycles. The quantitative estimate of drug-likeness (QED) is 0.607. The maximum Gasteiger partial charge on any atom is 0.0337 e. The molecule has 0 N–H and O–H groups in total. The van der Waals surface area contributed by atoms with Gasteiger partial charge in [-0.25, -0.2) is 0 Å². The van der Waals surface area contributed by atoms with Gasteiger partial charge in [-0.15, -0.1) is 11.8 Å². The highest BCUT2D eigenvalue weighted by atomic mass is 32.2. The minimum Gasteiger partial charge on any atom is -0.146 e. The summed E-state index contributed by atoms with van der Waals surface area (Å²) in [5.41, 5.74) is 1.46. The van der Waals surface area contributed by atoms with Crippen LogP contribution in [0.1, 0.15) is 24.2 Å². The normalized spacial score (nSPS) is 27.5. The van der Waals surface area contributed by atoms with Crippen LogP contribution in [0.15, 0.2) is 42.5 Å². The van der Waals surface area contributed by atoms with Crippen molar-refractivity contribution in [1.82, 2.24) is 0 Å². The number of rotatable bonds is 1. The van der Waals surface area contributed by atoms with Gasteiger partial charge in [0, 0.05) is 10.5 Å². The lowest BCUT2D eigenvalue weighted by Crippen LogP contribution is -2.03. The van der Waals surface area contributed by atoms with E-state index in [1.807, 2.05) is 0 Å². The highest BCUT2D eigenvalue weighted by molar-refractivity contribution is 8.00. The van der Waals surface area contributed by atoms with Crippen molar-refractivity contribution in [3.63, 3.8) is 0 Å². The van der Waals surface area contributed by atoms with Gasteiger partial charge in [0.25, 0.3) is 0 Å². The Kier molecular flexibility index (Phi) is 2.74. The Morgan fingerprint density at radius 2 is 2.00 bits per heavy atom.